The number of nitrogens with one attached hydrogen (secondary N) is 1. The van der Waals surface area contributed by atoms with Crippen LogP contribution in [-0.4, -0.2) is 24.5 Å². The number of ketones is 1. The molecule has 0 amide bonds. The minimum atomic E-state index is -0.0668. The largest absolute Gasteiger partial charge is 0.381 e. The molecule has 0 spiro atoms. The summed E-state index contributed by atoms with van der Waals surface area (Å²) in [6.07, 6.45) is 4.32. The Hall–Kier alpha value is -1.32. The molecule has 3 rings (SSSR count). The molecule has 0 unspecified atom stereocenters. The van der Waals surface area contributed by atoms with Crippen LogP contribution in [0.5, 0.6) is 0 Å². The maximum Gasteiger partial charge on any atom is 0.161 e. The van der Waals surface area contributed by atoms with Gasteiger partial charge in [-0.05, 0) is 50.8 Å². The van der Waals surface area contributed by atoms with E-state index < -0.39 is 0 Å². The lowest BCUT2D eigenvalue weighted by molar-refractivity contribution is -0.120. The molecule has 2 heterocycles. The smallest absolute Gasteiger partial charge is 0.161 e. The second-order valence-electron chi connectivity index (χ2n) is 6.83. The zero-order valence-electron chi connectivity index (χ0n) is 13.1. The van der Waals surface area contributed by atoms with Crippen LogP contribution < -0.4 is 5.32 Å². The number of benzene rings is 1. The van der Waals surface area contributed by atoms with E-state index in [1.165, 1.54) is 5.56 Å². The van der Waals surface area contributed by atoms with Gasteiger partial charge in [-0.1, -0.05) is 17.7 Å². The Kier molecular flexibility index (Phi) is 4.28. The number of carbonyl (C=O) groups is 1. The van der Waals surface area contributed by atoms with Crippen molar-refractivity contribution in [3.05, 3.63) is 40.4 Å². The summed E-state index contributed by atoms with van der Waals surface area (Å²) in [5.74, 6) is 0.269. The fourth-order valence-corrected chi connectivity index (χ4v) is 3.43. The summed E-state index contributed by atoms with van der Waals surface area (Å²) in [4.78, 5) is 12.6. The Balaban J connectivity index is 1.93. The lowest BCUT2D eigenvalue weighted by atomic mass is 9.85. The number of carbonyl (C=O) groups excluding carboxylic acids is 1. The molecule has 0 radical (unpaired) electrons. The van der Waals surface area contributed by atoms with Crippen molar-refractivity contribution in [1.29, 1.82) is 0 Å². The topological polar surface area (TPSA) is 38.3 Å². The second kappa shape index (κ2) is 6.05. The predicted molar refractivity (Wildman–Crippen MR) is 88.9 cm³/mol. The monoisotopic (exact) mass is 319 g/mol. The van der Waals surface area contributed by atoms with E-state index >= 15 is 0 Å². The first-order valence-corrected chi connectivity index (χ1v) is 8.23. The SMILES string of the molecule is CC1(C)Cc2ccc(Cl)cc2C(=CC(=O)C2CCOCC2)N1. The van der Waals surface area contributed by atoms with Gasteiger partial charge >= 0.3 is 0 Å². The predicted octanol–water partition coefficient (Wildman–Crippen LogP) is 3.60. The Bertz CT molecular complexity index is 616. The summed E-state index contributed by atoms with van der Waals surface area (Å²) in [5.41, 5.74) is 3.11. The van der Waals surface area contributed by atoms with Crippen molar-refractivity contribution >= 4 is 23.1 Å². The van der Waals surface area contributed by atoms with Gasteiger partial charge in [-0.2, -0.15) is 0 Å². The molecule has 0 bridgehead atoms. The number of fused-ring (bicyclic) bond motifs is 1. The molecule has 0 saturated carbocycles. The summed E-state index contributed by atoms with van der Waals surface area (Å²) >= 11 is 6.14. The zero-order valence-corrected chi connectivity index (χ0v) is 13.9. The number of rotatable bonds is 2. The fraction of sp³-hybridized carbons (Fsp3) is 0.500. The molecule has 4 heteroatoms. The van der Waals surface area contributed by atoms with Gasteiger partial charge in [0.25, 0.3) is 0 Å². The standard InChI is InChI=1S/C18H22ClNO2/c1-18(2)11-13-3-4-14(19)9-15(13)16(20-18)10-17(21)12-5-7-22-8-6-12/h3-4,9-10,12,20H,5-8,11H2,1-2H3. The Labute approximate surface area is 136 Å². The van der Waals surface area contributed by atoms with Crippen LogP contribution in [0.25, 0.3) is 5.70 Å². The quantitative estimate of drug-likeness (QED) is 0.846. The molecule has 1 saturated heterocycles. The highest BCUT2D eigenvalue weighted by Crippen LogP contribution is 2.32. The van der Waals surface area contributed by atoms with Crippen molar-refractivity contribution < 1.29 is 9.53 Å². The Morgan fingerprint density at radius 1 is 1.36 bits per heavy atom. The van der Waals surface area contributed by atoms with Gasteiger partial charge in [0.05, 0.1) is 0 Å². The molecule has 2 aliphatic heterocycles. The van der Waals surface area contributed by atoms with E-state index in [9.17, 15) is 4.79 Å². The third-order valence-electron chi connectivity index (χ3n) is 4.38. The third-order valence-corrected chi connectivity index (χ3v) is 4.61. The van der Waals surface area contributed by atoms with Crippen LogP contribution in [0.15, 0.2) is 24.3 Å². The second-order valence-corrected chi connectivity index (χ2v) is 7.27. The van der Waals surface area contributed by atoms with Gasteiger partial charge in [0.1, 0.15) is 0 Å². The summed E-state index contributed by atoms with van der Waals surface area (Å²) < 4.78 is 5.34. The summed E-state index contributed by atoms with van der Waals surface area (Å²) in [6, 6.07) is 5.93. The number of hydrogen-bond acceptors (Lipinski definition) is 3. The van der Waals surface area contributed by atoms with E-state index in [1.807, 2.05) is 12.1 Å². The minimum absolute atomic E-state index is 0.0668. The average molecular weight is 320 g/mol. The van der Waals surface area contributed by atoms with Crippen LogP contribution >= 0.6 is 11.6 Å². The molecule has 3 nitrogen and oxygen atoms in total. The summed E-state index contributed by atoms with van der Waals surface area (Å²) in [6.45, 7) is 5.66. The van der Waals surface area contributed by atoms with E-state index in [0.29, 0.717) is 18.2 Å². The average Bonchev–Trinajstić information content (AvgIpc) is 2.48. The third kappa shape index (κ3) is 3.36. The van der Waals surface area contributed by atoms with Gasteiger partial charge in [-0.3, -0.25) is 4.79 Å². The van der Waals surface area contributed by atoms with Crippen molar-refractivity contribution in [2.75, 3.05) is 13.2 Å². The molecule has 0 aliphatic carbocycles. The molecule has 118 valence electrons. The van der Waals surface area contributed by atoms with Crippen molar-refractivity contribution in [3.8, 4) is 0 Å². The number of hydrogen-bond donors (Lipinski definition) is 1. The molecule has 22 heavy (non-hydrogen) atoms. The molecule has 1 fully saturated rings. The normalized spacial score (nSPS) is 23.0. The van der Waals surface area contributed by atoms with Gasteiger partial charge in [-0.15, -0.1) is 0 Å². The zero-order chi connectivity index (χ0) is 15.7. The van der Waals surface area contributed by atoms with E-state index in [0.717, 1.165) is 30.5 Å². The Morgan fingerprint density at radius 3 is 2.82 bits per heavy atom. The minimum Gasteiger partial charge on any atom is -0.381 e. The molecular weight excluding hydrogens is 298 g/mol. The molecule has 1 N–H and O–H groups in total. The van der Waals surface area contributed by atoms with Gasteiger partial charge in [0.15, 0.2) is 5.78 Å². The molecule has 1 aromatic rings. The van der Waals surface area contributed by atoms with E-state index in [2.05, 4.69) is 25.2 Å². The highest BCUT2D eigenvalue weighted by Gasteiger charge is 2.29. The molecular formula is C18H22ClNO2. The molecule has 1 aromatic carbocycles. The lowest BCUT2D eigenvalue weighted by Crippen LogP contribution is -2.44. The summed E-state index contributed by atoms with van der Waals surface area (Å²) in [5, 5.41) is 4.20. The number of halogens is 1. The van der Waals surface area contributed by atoms with Crippen LogP contribution in [0.4, 0.5) is 0 Å². The van der Waals surface area contributed by atoms with Gasteiger partial charge in [-0.25, -0.2) is 0 Å². The van der Waals surface area contributed by atoms with Gasteiger partial charge in [0, 0.05) is 47.0 Å². The van der Waals surface area contributed by atoms with Gasteiger partial charge in [0.2, 0.25) is 0 Å². The van der Waals surface area contributed by atoms with Crippen LogP contribution in [0, 0.1) is 5.92 Å². The first-order valence-electron chi connectivity index (χ1n) is 7.85. The highest BCUT2D eigenvalue weighted by molar-refractivity contribution is 6.30. The molecule has 0 atom stereocenters. The summed E-state index contributed by atoms with van der Waals surface area (Å²) in [7, 11) is 0. The van der Waals surface area contributed by atoms with E-state index in [1.54, 1.807) is 6.08 Å². The fourth-order valence-electron chi connectivity index (χ4n) is 3.26. The molecule has 2 aliphatic rings. The maximum absolute atomic E-state index is 12.6. The first-order chi connectivity index (χ1) is 10.4. The van der Waals surface area contributed by atoms with Gasteiger partial charge < -0.3 is 10.1 Å². The first kappa shape index (κ1) is 15.6. The van der Waals surface area contributed by atoms with Crippen LogP contribution in [0.3, 0.4) is 0 Å². The number of ether oxygens (including phenoxy) is 1. The van der Waals surface area contributed by atoms with Crippen molar-refractivity contribution in [3.63, 3.8) is 0 Å². The van der Waals surface area contributed by atoms with Crippen LogP contribution in [-0.2, 0) is 16.0 Å². The van der Waals surface area contributed by atoms with E-state index in [4.69, 9.17) is 16.3 Å². The maximum atomic E-state index is 12.6. The Morgan fingerprint density at radius 2 is 2.09 bits per heavy atom. The van der Waals surface area contributed by atoms with E-state index in [-0.39, 0.29) is 17.2 Å². The van der Waals surface area contributed by atoms with Crippen molar-refractivity contribution in [2.45, 2.75) is 38.6 Å². The van der Waals surface area contributed by atoms with Crippen LogP contribution in [0.2, 0.25) is 5.02 Å². The number of allylic oxidation sites excluding steroid dienone is 1. The van der Waals surface area contributed by atoms with Crippen molar-refractivity contribution in [1.82, 2.24) is 5.32 Å². The molecule has 0 aromatic heterocycles. The van der Waals surface area contributed by atoms with Crippen molar-refractivity contribution in [2.24, 2.45) is 5.92 Å². The van der Waals surface area contributed by atoms with Crippen LogP contribution in [0.1, 0.15) is 37.8 Å². The highest BCUT2D eigenvalue weighted by atomic mass is 35.5. The lowest BCUT2D eigenvalue weighted by Gasteiger charge is -2.36.